The number of esters is 1. The molecule has 0 saturated heterocycles. The number of nitrogens with one attached hydrogen (secondary N) is 2. The molecule has 12 aromatic rings. The van der Waals surface area contributed by atoms with Crippen molar-refractivity contribution in [1.82, 2.24) is 19.1 Å². The molecular formula is C57H44Cl6N4O4. The van der Waals surface area contributed by atoms with Crippen LogP contribution in [-0.2, 0) is 27.4 Å². The molecule has 8 nitrogen and oxygen atoms in total. The molecule has 0 amide bonds. The highest BCUT2D eigenvalue weighted by atomic mass is 35.5. The van der Waals surface area contributed by atoms with Gasteiger partial charge in [0.25, 0.3) is 0 Å². The van der Waals surface area contributed by atoms with Gasteiger partial charge in [0.15, 0.2) is 0 Å². The first-order valence-corrected chi connectivity index (χ1v) is 25.0. The van der Waals surface area contributed by atoms with Gasteiger partial charge in [0.1, 0.15) is 0 Å². The van der Waals surface area contributed by atoms with Crippen molar-refractivity contribution in [2.24, 2.45) is 0 Å². The minimum absolute atomic E-state index is 0.155. The third-order valence-corrected chi connectivity index (χ3v) is 13.7. The molecular weight excluding hydrogens is 1020 g/mol. The zero-order valence-electron chi connectivity index (χ0n) is 38.1. The molecule has 0 fully saturated rings. The van der Waals surface area contributed by atoms with Crippen LogP contribution in [-0.4, -0.2) is 43.3 Å². The number of carboxylic acids is 1. The molecule has 358 valence electrons. The number of para-hydroxylation sites is 2. The topological polar surface area (TPSA) is 105 Å². The number of hydrogen-bond acceptors (Lipinski definition) is 3. The molecule has 4 aromatic heterocycles. The number of halogens is 6. The minimum atomic E-state index is -0.776. The number of methoxy groups -OCH3 is 1. The molecule has 0 bridgehead atoms. The second-order valence-electron chi connectivity index (χ2n) is 16.8. The van der Waals surface area contributed by atoms with Crippen LogP contribution in [0.5, 0.6) is 0 Å². The number of carbonyl (C=O) groups is 2. The molecule has 0 aliphatic carbocycles. The summed E-state index contributed by atoms with van der Waals surface area (Å²) in [5.74, 6) is -0.964. The molecule has 12 rings (SSSR count). The van der Waals surface area contributed by atoms with E-state index < -0.39 is 5.97 Å². The van der Waals surface area contributed by atoms with E-state index in [0.717, 1.165) is 88.4 Å². The Morgan fingerprint density at radius 1 is 0.423 bits per heavy atom. The van der Waals surface area contributed by atoms with Gasteiger partial charge in [0.2, 0.25) is 0 Å². The van der Waals surface area contributed by atoms with E-state index in [-0.39, 0.29) is 12.4 Å². The quantitative estimate of drug-likeness (QED) is 0.132. The second-order valence-corrected chi connectivity index (χ2v) is 19.5. The van der Waals surface area contributed by atoms with E-state index in [9.17, 15) is 9.59 Å². The highest BCUT2D eigenvalue weighted by molar-refractivity contribution is 6.35. The standard InChI is InChI=1S/C17H15Cl2NO2.C16H13Cl2NO2.C12H7Cl2N.C12H9N/c1-22-17(21)3-2-8-20-15-6-4-11(18)9-13(15)14-10-12(19)5-7-16(14)20;17-10-3-5-14-12(8-10)13-9-11(18)4-6-15(13)19(14)7-1-2-16(20)21;13-7-1-3-11-9(5-7)10-6-8(14)2-4-12(10)15-11;1-3-7-11-9(5-1)10-6-2-4-8-12(10)13-11/h4-7,9-10H,2-3,8H2,1H3;3-6,8-9H,1-2,7H2,(H,20,21);1-6,15H;1-8,13H. The van der Waals surface area contributed by atoms with Crippen LogP contribution in [0.2, 0.25) is 30.1 Å². The van der Waals surface area contributed by atoms with Gasteiger partial charge in [-0.15, -0.1) is 0 Å². The van der Waals surface area contributed by atoms with E-state index in [4.69, 9.17) is 79.4 Å². The molecule has 0 aliphatic heterocycles. The summed E-state index contributed by atoms with van der Waals surface area (Å²) >= 11 is 36.4. The average molecular weight is 1060 g/mol. The fourth-order valence-corrected chi connectivity index (χ4v) is 10.1. The highest BCUT2D eigenvalue weighted by Gasteiger charge is 2.14. The smallest absolute Gasteiger partial charge is 0.305 e. The zero-order chi connectivity index (χ0) is 49.8. The summed E-state index contributed by atoms with van der Waals surface area (Å²) in [6.45, 7) is 1.38. The second kappa shape index (κ2) is 22.0. The van der Waals surface area contributed by atoms with Gasteiger partial charge in [-0.25, -0.2) is 0 Å². The Balaban J connectivity index is 0.000000119. The molecule has 0 radical (unpaired) electrons. The van der Waals surface area contributed by atoms with E-state index in [0.29, 0.717) is 39.5 Å². The molecule has 3 N–H and O–H groups in total. The number of carbonyl (C=O) groups excluding carboxylic acids is 1. The number of ether oxygens (including phenoxy) is 1. The van der Waals surface area contributed by atoms with E-state index in [1.165, 1.54) is 28.9 Å². The van der Waals surface area contributed by atoms with Crippen LogP contribution in [0.25, 0.3) is 87.2 Å². The van der Waals surface area contributed by atoms with Crippen molar-refractivity contribution in [2.45, 2.75) is 38.8 Å². The average Bonchev–Trinajstić information content (AvgIpc) is 4.09. The van der Waals surface area contributed by atoms with Crippen LogP contribution in [0.15, 0.2) is 158 Å². The van der Waals surface area contributed by atoms with Crippen LogP contribution >= 0.6 is 69.6 Å². The lowest BCUT2D eigenvalue weighted by Gasteiger charge is -2.07. The number of carboxylic acid groups (broad SMARTS) is 1. The van der Waals surface area contributed by atoms with Crippen LogP contribution in [0.3, 0.4) is 0 Å². The van der Waals surface area contributed by atoms with Crippen LogP contribution in [0.4, 0.5) is 0 Å². The fourth-order valence-electron chi connectivity index (χ4n) is 9.09. The van der Waals surface area contributed by atoms with E-state index >= 15 is 0 Å². The summed E-state index contributed by atoms with van der Waals surface area (Å²) in [6.07, 6.45) is 1.86. The molecule has 14 heteroatoms. The number of aliphatic carboxylic acids is 1. The highest BCUT2D eigenvalue weighted by Crippen LogP contribution is 2.35. The normalized spacial score (nSPS) is 11.3. The molecule has 8 aromatic carbocycles. The Morgan fingerprint density at radius 2 is 0.732 bits per heavy atom. The monoisotopic (exact) mass is 1060 g/mol. The SMILES string of the molecule is COC(=O)CCCn1c2ccc(Cl)cc2c2cc(Cl)ccc21.Clc1ccc2[nH]c3ccc(Cl)cc3c2c1.O=C(O)CCCn1c2ccc(Cl)cc2c2cc(Cl)ccc21.c1ccc2c(c1)[nH]c1ccccc12. The van der Waals surface area contributed by atoms with Gasteiger partial charge in [-0.2, -0.15) is 0 Å². The van der Waals surface area contributed by atoms with Gasteiger partial charge in [-0.1, -0.05) is 106 Å². The molecule has 0 atom stereocenters. The Labute approximate surface area is 438 Å². The summed E-state index contributed by atoms with van der Waals surface area (Å²) in [6, 6.07) is 51.5. The number of benzene rings is 8. The van der Waals surface area contributed by atoms with Crippen molar-refractivity contribution < 1.29 is 19.4 Å². The first-order chi connectivity index (χ1) is 34.3. The summed E-state index contributed by atoms with van der Waals surface area (Å²) in [5.41, 5.74) is 8.85. The predicted molar refractivity (Wildman–Crippen MR) is 299 cm³/mol. The Morgan fingerprint density at radius 3 is 1.08 bits per heavy atom. The zero-order valence-corrected chi connectivity index (χ0v) is 42.6. The Hall–Kier alpha value is -6.36. The number of hydrogen-bond donors (Lipinski definition) is 3. The van der Waals surface area contributed by atoms with Crippen LogP contribution < -0.4 is 0 Å². The number of aryl methyl sites for hydroxylation is 2. The maximum Gasteiger partial charge on any atom is 0.305 e. The molecule has 0 spiro atoms. The van der Waals surface area contributed by atoms with Gasteiger partial charge in [0.05, 0.1) is 7.11 Å². The van der Waals surface area contributed by atoms with Crippen molar-refractivity contribution in [3.63, 3.8) is 0 Å². The van der Waals surface area contributed by atoms with Crippen LogP contribution in [0, 0.1) is 0 Å². The number of aromatic nitrogens is 4. The van der Waals surface area contributed by atoms with Gasteiger partial charge < -0.3 is 28.9 Å². The van der Waals surface area contributed by atoms with Crippen molar-refractivity contribution in [2.75, 3.05) is 7.11 Å². The predicted octanol–water partition coefficient (Wildman–Crippen LogP) is 18.0. The molecule has 0 unspecified atom stereocenters. The molecule has 0 saturated carbocycles. The Bertz CT molecular complexity index is 3700. The van der Waals surface area contributed by atoms with E-state index in [2.05, 4.69) is 67.6 Å². The summed E-state index contributed by atoms with van der Waals surface area (Å²) in [4.78, 5) is 28.7. The van der Waals surface area contributed by atoms with Crippen molar-refractivity contribution >= 4 is 169 Å². The largest absolute Gasteiger partial charge is 0.481 e. The van der Waals surface area contributed by atoms with Gasteiger partial charge in [0, 0.05) is 143 Å². The van der Waals surface area contributed by atoms with Gasteiger partial charge in [-0.3, -0.25) is 9.59 Å². The number of rotatable bonds is 8. The molecule has 4 heterocycles. The van der Waals surface area contributed by atoms with Crippen molar-refractivity contribution in [1.29, 1.82) is 0 Å². The van der Waals surface area contributed by atoms with Crippen molar-refractivity contribution in [3.05, 3.63) is 188 Å². The third kappa shape index (κ3) is 11.1. The maximum atomic E-state index is 11.3. The lowest BCUT2D eigenvalue weighted by molar-refractivity contribution is -0.141. The van der Waals surface area contributed by atoms with Gasteiger partial charge >= 0.3 is 11.9 Å². The Kier molecular flexibility index (Phi) is 15.3. The first-order valence-electron chi connectivity index (χ1n) is 22.7. The fraction of sp³-hybridized carbons (Fsp3) is 0.123. The first kappa shape index (κ1) is 49.6. The number of fused-ring (bicyclic) bond motifs is 12. The number of H-pyrrole nitrogens is 2. The van der Waals surface area contributed by atoms with Gasteiger partial charge in [-0.05, 0) is 134 Å². The molecule has 0 aliphatic rings. The van der Waals surface area contributed by atoms with Crippen LogP contribution in [0.1, 0.15) is 25.7 Å². The van der Waals surface area contributed by atoms with E-state index in [1.54, 1.807) is 0 Å². The summed E-state index contributed by atoms with van der Waals surface area (Å²) in [5, 5.41) is 22.1. The number of aromatic amines is 2. The summed E-state index contributed by atoms with van der Waals surface area (Å²) < 4.78 is 9.01. The number of nitrogens with zero attached hydrogens (tertiary/aromatic N) is 2. The molecule has 71 heavy (non-hydrogen) atoms. The maximum absolute atomic E-state index is 11.3. The van der Waals surface area contributed by atoms with E-state index in [1.807, 2.05) is 109 Å². The van der Waals surface area contributed by atoms with Crippen molar-refractivity contribution in [3.8, 4) is 0 Å². The third-order valence-electron chi connectivity index (χ3n) is 12.3. The lowest BCUT2D eigenvalue weighted by Crippen LogP contribution is -2.04. The summed E-state index contributed by atoms with van der Waals surface area (Å²) in [7, 11) is 1.41. The minimum Gasteiger partial charge on any atom is -0.481 e. The lowest BCUT2D eigenvalue weighted by atomic mass is 10.1.